The van der Waals surface area contributed by atoms with Crippen LogP contribution >= 0.6 is 0 Å². The number of hydrogen-bond donors (Lipinski definition) is 0. The molecule has 22 heavy (non-hydrogen) atoms. The predicted octanol–water partition coefficient (Wildman–Crippen LogP) is 3.89. The average molecular weight is 329 g/mol. The van der Waals surface area contributed by atoms with Crippen LogP contribution in [0.25, 0.3) is 0 Å². The fraction of sp³-hybridized carbons (Fsp3) is 0.222. The summed E-state index contributed by atoms with van der Waals surface area (Å²) in [7, 11) is -4.68. The Balaban J connectivity index is 2.16. The van der Waals surface area contributed by atoms with Gasteiger partial charge in [0.25, 0.3) is 0 Å². The van der Waals surface area contributed by atoms with Gasteiger partial charge in [-0.25, -0.2) is 8.42 Å². The Morgan fingerprint density at radius 2 is 1.50 bits per heavy atom. The smallest absolute Gasteiger partial charge is 0.182 e. The van der Waals surface area contributed by atoms with E-state index in [2.05, 4.69) is 31.1 Å². The van der Waals surface area contributed by atoms with Gasteiger partial charge in [0.1, 0.15) is 8.07 Å². The summed E-state index contributed by atoms with van der Waals surface area (Å²) < 4.78 is 24.6. The topological polar surface area (TPSA) is 34.1 Å². The largest absolute Gasteiger partial charge is 0.223 e. The molecule has 2 rings (SSSR count). The molecule has 0 bridgehead atoms. The molecule has 0 aliphatic heterocycles. The molecule has 2 aromatic rings. The van der Waals surface area contributed by atoms with E-state index < -0.39 is 17.9 Å². The standard InChI is InChI=1S/C18H20O2SSi/c1-22(2,3)14-13-16-9-11-17(12-10-16)15-21(19,20)18-7-5-4-6-8-18/h4-12H,15H2,1-3H3. The molecule has 4 heteroatoms. The van der Waals surface area contributed by atoms with Crippen molar-refractivity contribution in [1.29, 1.82) is 0 Å². The Morgan fingerprint density at radius 1 is 0.909 bits per heavy atom. The van der Waals surface area contributed by atoms with E-state index in [1.54, 1.807) is 24.3 Å². The van der Waals surface area contributed by atoms with Crippen molar-refractivity contribution in [3.05, 3.63) is 65.7 Å². The molecule has 0 spiro atoms. The van der Waals surface area contributed by atoms with Crippen LogP contribution in [-0.4, -0.2) is 16.5 Å². The highest BCUT2D eigenvalue weighted by molar-refractivity contribution is 7.90. The van der Waals surface area contributed by atoms with Gasteiger partial charge in [-0.1, -0.05) is 55.9 Å². The molecule has 114 valence electrons. The summed E-state index contributed by atoms with van der Waals surface area (Å²) in [5.41, 5.74) is 5.02. The molecule has 0 radical (unpaired) electrons. The lowest BCUT2D eigenvalue weighted by Crippen LogP contribution is -2.16. The number of sulfone groups is 1. The maximum absolute atomic E-state index is 12.3. The first-order valence-corrected chi connectivity index (χ1v) is 12.3. The molecule has 0 unspecified atom stereocenters. The summed E-state index contributed by atoms with van der Waals surface area (Å²) in [5, 5.41) is 0. The third-order valence-corrected chi connectivity index (χ3v) is 5.57. The molecule has 0 aliphatic carbocycles. The first-order chi connectivity index (χ1) is 10.3. The molecule has 2 nitrogen and oxygen atoms in total. The molecule has 0 saturated heterocycles. The summed E-state index contributed by atoms with van der Waals surface area (Å²) >= 11 is 0. The molecular formula is C18H20O2SSi. The zero-order valence-electron chi connectivity index (χ0n) is 13.1. The van der Waals surface area contributed by atoms with E-state index in [0.29, 0.717) is 4.90 Å². The van der Waals surface area contributed by atoms with Crippen molar-refractivity contribution >= 4 is 17.9 Å². The number of benzene rings is 2. The second kappa shape index (κ2) is 6.51. The van der Waals surface area contributed by atoms with E-state index >= 15 is 0 Å². The Labute approximate surface area is 134 Å². The molecule has 0 heterocycles. The molecule has 0 atom stereocenters. The minimum absolute atomic E-state index is 0.0126. The second-order valence-corrected chi connectivity index (χ2v) is 13.0. The zero-order chi connectivity index (χ0) is 16.2. The highest BCUT2D eigenvalue weighted by Gasteiger charge is 2.14. The molecule has 0 aliphatic rings. The summed E-state index contributed by atoms with van der Waals surface area (Å²) in [4.78, 5) is 0.359. The van der Waals surface area contributed by atoms with Gasteiger partial charge < -0.3 is 0 Å². The lowest BCUT2D eigenvalue weighted by Gasteiger charge is -2.05. The monoisotopic (exact) mass is 328 g/mol. The van der Waals surface area contributed by atoms with Crippen LogP contribution in [0, 0.1) is 11.5 Å². The maximum atomic E-state index is 12.3. The van der Waals surface area contributed by atoms with Crippen LogP contribution in [0.15, 0.2) is 59.5 Å². The molecule has 0 N–H and O–H groups in total. The Hall–Kier alpha value is -1.83. The highest BCUT2D eigenvalue weighted by atomic mass is 32.2. The molecular weight excluding hydrogens is 308 g/mol. The molecule has 2 aromatic carbocycles. The van der Waals surface area contributed by atoms with E-state index in [9.17, 15) is 8.42 Å². The van der Waals surface area contributed by atoms with Gasteiger partial charge >= 0.3 is 0 Å². The van der Waals surface area contributed by atoms with Gasteiger partial charge in [0, 0.05) is 5.56 Å². The zero-order valence-corrected chi connectivity index (χ0v) is 14.9. The van der Waals surface area contributed by atoms with E-state index in [1.165, 1.54) is 0 Å². The van der Waals surface area contributed by atoms with Crippen LogP contribution in [0.4, 0.5) is 0 Å². The third kappa shape index (κ3) is 4.87. The minimum Gasteiger partial charge on any atom is -0.223 e. The fourth-order valence-corrected chi connectivity index (χ4v) is 3.76. The fourth-order valence-electron chi connectivity index (χ4n) is 1.87. The predicted molar refractivity (Wildman–Crippen MR) is 94.0 cm³/mol. The van der Waals surface area contributed by atoms with Crippen molar-refractivity contribution in [2.75, 3.05) is 0 Å². The molecule has 0 amide bonds. The normalized spacial score (nSPS) is 11.6. The summed E-state index contributed by atoms with van der Waals surface area (Å²) in [5.74, 6) is 3.18. The average Bonchev–Trinajstić information content (AvgIpc) is 2.46. The van der Waals surface area contributed by atoms with Crippen molar-refractivity contribution in [2.45, 2.75) is 30.3 Å². The molecule has 0 saturated carbocycles. The number of hydrogen-bond acceptors (Lipinski definition) is 2. The van der Waals surface area contributed by atoms with Gasteiger partial charge in [-0.2, -0.15) is 0 Å². The Kier molecular flexibility index (Phi) is 4.89. The first-order valence-electron chi connectivity index (χ1n) is 7.16. The van der Waals surface area contributed by atoms with Crippen LogP contribution in [0.5, 0.6) is 0 Å². The lowest BCUT2D eigenvalue weighted by atomic mass is 10.2. The molecule has 0 fully saturated rings. The summed E-state index contributed by atoms with van der Waals surface area (Å²) in [6, 6.07) is 16.0. The van der Waals surface area contributed by atoms with Crippen LogP contribution in [0.1, 0.15) is 11.1 Å². The van der Waals surface area contributed by atoms with Gasteiger partial charge in [-0.05, 0) is 29.8 Å². The Bertz CT molecular complexity index is 790. The summed E-state index contributed by atoms with van der Waals surface area (Å²) in [6.45, 7) is 6.59. The van der Waals surface area contributed by atoms with Gasteiger partial charge in [-0.15, -0.1) is 5.54 Å². The van der Waals surface area contributed by atoms with E-state index in [4.69, 9.17) is 0 Å². The second-order valence-electron chi connectivity index (χ2n) is 6.27. The SMILES string of the molecule is C[Si](C)(C)C#Cc1ccc(CS(=O)(=O)c2ccccc2)cc1. The van der Waals surface area contributed by atoms with Crippen molar-refractivity contribution in [1.82, 2.24) is 0 Å². The van der Waals surface area contributed by atoms with Crippen LogP contribution < -0.4 is 0 Å². The quantitative estimate of drug-likeness (QED) is 0.633. The van der Waals surface area contributed by atoms with E-state index in [1.807, 2.05) is 30.3 Å². The summed E-state index contributed by atoms with van der Waals surface area (Å²) in [6.07, 6.45) is 0. The third-order valence-electron chi connectivity index (χ3n) is 2.99. The van der Waals surface area contributed by atoms with Crippen LogP contribution in [0.3, 0.4) is 0 Å². The van der Waals surface area contributed by atoms with Gasteiger partial charge in [0.2, 0.25) is 0 Å². The lowest BCUT2D eigenvalue weighted by molar-refractivity contribution is 0.595. The van der Waals surface area contributed by atoms with Crippen molar-refractivity contribution in [3.63, 3.8) is 0 Å². The molecule has 0 aromatic heterocycles. The van der Waals surface area contributed by atoms with Crippen LogP contribution in [0.2, 0.25) is 19.6 Å². The van der Waals surface area contributed by atoms with E-state index in [-0.39, 0.29) is 5.75 Å². The van der Waals surface area contributed by atoms with Gasteiger partial charge in [0.15, 0.2) is 9.84 Å². The van der Waals surface area contributed by atoms with Crippen molar-refractivity contribution < 1.29 is 8.42 Å². The maximum Gasteiger partial charge on any atom is 0.182 e. The van der Waals surface area contributed by atoms with Crippen molar-refractivity contribution in [3.8, 4) is 11.5 Å². The Morgan fingerprint density at radius 3 is 2.05 bits per heavy atom. The van der Waals surface area contributed by atoms with Crippen LogP contribution in [-0.2, 0) is 15.6 Å². The number of rotatable bonds is 3. The minimum atomic E-state index is -3.29. The van der Waals surface area contributed by atoms with E-state index in [0.717, 1.165) is 11.1 Å². The highest BCUT2D eigenvalue weighted by Crippen LogP contribution is 2.16. The van der Waals surface area contributed by atoms with Gasteiger partial charge in [-0.3, -0.25) is 0 Å². The first kappa shape index (κ1) is 16.5. The van der Waals surface area contributed by atoms with Gasteiger partial charge in [0.05, 0.1) is 10.6 Å². The van der Waals surface area contributed by atoms with Crippen molar-refractivity contribution in [2.24, 2.45) is 0 Å².